The third-order valence-corrected chi connectivity index (χ3v) is 4.30. The minimum Gasteiger partial charge on any atom is -0.477 e. The normalized spacial score (nSPS) is 19.3. The molecule has 0 bridgehead atoms. The molecule has 1 aliphatic rings. The largest absolute Gasteiger partial charge is 0.477 e. The van der Waals surface area contributed by atoms with E-state index in [4.69, 9.17) is 0 Å². The van der Waals surface area contributed by atoms with Gasteiger partial charge >= 0.3 is 5.97 Å². The van der Waals surface area contributed by atoms with Crippen molar-refractivity contribution in [2.75, 3.05) is 5.32 Å². The summed E-state index contributed by atoms with van der Waals surface area (Å²) < 4.78 is 1.84. The van der Waals surface area contributed by atoms with E-state index in [2.05, 4.69) is 36.4 Å². The molecule has 2 heterocycles. The van der Waals surface area contributed by atoms with E-state index in [0.29, 0.717) is 23.5 Å². The molecule has 0 spiro atoms. The third kappa shape index (κ3) is 2.26. The van der Waals surface area contributed by atoms with Crippen molar-refractivity contribution in [3.63, 3.8) is 0 Å². The van der Waals surface area contributed by atoms with E-state index in [-0.39, 0.29) is 11.6 Å². The van der Waals surface area contributed by atoms with Crippen LogP contribution >= 0.6 is 0 Å². The zero-order valence-electron chi connectivity index (χ0n) is 13.1. The highest BCUT2D eigenvalue weighted by Crippen LogP contribution is 2.40. The van der Waals surface area contributed by atoms with Gasteiger partial charge in [-0.25, -0.2) is 9.48 Å². The lowest BCUT2D eigenvalue weighted by Gasteiger charge is -2.38. The molecule has 1 atom stereocenters. The molecule has 0 aliphatic carbocycles. The Kier molecular flexibility index (Phi) is 3.43. The molecule has 2 N–H and O–H groups in total. The highest BCUT2D eigenvalue weighted by Gasteiger charge is 2.38. The van der Waals surface area contributed by atoms with Crippen LogP contribution in [0.1, 0.15) is 54.8 Å². The molecule has 22 heavy (non-hydrogen) atoms. The number of benzene rings is 1. The maximum Gasteiger partial charge on any atom is 0.341 e. The monoisotopic (exact) mass is 299 g/mol. The van der Waals surface area contributed by atoms with Crippen LogP contribution < -0.4 is 5.32 Å². The maximum absolute atomic E-state index is 11.7. The fourth-order valence-electron chi connectivity index (χ4n) is 3.20. The molecule has 1 aromatic heterocycles. The van der Waals surface area contributed by atoms with Crippen LogP contribution in [-0.4, -0.2) is 20.9 Å². The first-order valence-corrected chi connectivity index (χ1v) is 7.61. The Labute approximate surface area is 130 Å². The van der Waals surface area contributed by atoms with Gasteiger partial charge in [0.25, 0.3) is 0 Å². The van der Waals surface area contributed by atoms with Gasteiger partial charge in [0.2, 0.25) is 0 Å². The zero-order chi connectivity index (χ0) is 15.9. The molecule has 1 unspecified atom stereocenters. The lowest BCUT2D eigenvalue weighted by Crippen LogP contribution is -2.38. The van der Waals surface area contributed by atoms with Crippen LogP contribution in [0.15, 0.2) is 30.3 Å². The van der Waals surface area contributed by atoms with Crippen molar-refractivity contribution < 1.29 is 9.90 Å². The van der Waals surface area contributed by atoms with Gasteiger partial charge in [-0.05, 0) is 32.3 Å². The first kappa shape index (κ1) is 14.6. The predicted octanol–water partition coefficient (Wildman–Crippen LogP) is 3.44. The van der Waals surface area contributed by atoms with Crippen molar-refractivity contribution in [2.45, 2.75) is 45.2 Å². The van der Waals surface area contributed by atoms with E-state index < -0.39 is 5.97 Å². The number of carboxylic acid groups (broad SMARTS) is 1. The Hall–Kier alpha value is -2.30. The average Bonchev–Trinajstić information content (AvgIpc) is 2.87. The first-order valence-electron chi connectivity index (χ1n) is 7.61. The Bertz CT molecular complexity index is 704. The molecule has 1 aromatic carbocycles. The summed E-state index contributed by atoms with van der Waals surface area (Å²) in [6, 6.07) is 10.2. The quantitative estimate of drug-likeness (QED) is 0.911. The molecule has 0 saturated carbocycles. The molecule has 5 nitrogen and oxygen atoms in total. The molecular formula is C17H21N3O2. The van der Waals surface area contributed by atoms with Crippen molar-refractivity contribution in [1.29, 1.82) is 0 Å². The van der Waals surface area contributed by atoms with Crippen LogP contribution in [0.3, 0.4) is 0 Å². The van der Waals surface area contributed by atoms with E-state index in [9.17, 15) is 9.90 Å². The molecule has 0 saturated heterocycles. The van der Waals surface area contributed by atoms with E-state index in [1.54, 1.807) is 0 Å². The summed E-state index contributed by atoms with van der Waals surface area (Å²) in [4.78, 5) is 11.7. The smallest absolute Gasteiger partial charge is 0.341 e. The molecule has 116 valence electrons. The number of fused-ring (bicyclic) bond motifs is 1. The number of aromatic carboxylic acids is 1. The minimum atomic E-state index is -0.921. The second-order valence-electron chi connectivity index (χ2n) is 6.36. The number of carbonyl (C=O) groups is 1. The Morgan fingerprint density at radius 1 is 1.41 bits per heavy atom. The molecule has 0 amide bonds. The Morgan fingerprint density at radius 3 is 2.68 bits per heavy atom. The van der Waals surface area contributed by atoms with Gasteiger partial charge in [0.15, 0.2) is 0 Å². The summed E-state index contributed by atoms with van der Waals surface area (Å²) in [5.74, 6) is -0.301. The van der Waals surface area contributed by atoms with Gasteiger partial charge in [0, 0.05) is 0 Å². The van der Waals surface area contributed by atoms with Crippen molar-refractivity contribution in [3.8, 4) is 0 Å². The lowest BCUT2D eigenvalue weighted by atomic mass is 9.89. The summed E-state index contributed by atoms with van der Waals surface area (Å²) >= 11 is 0. The predicted molar refractivity (Wildman–Crippen MR) is 85.3 cm³/mol. The van der Waals surface area contributed by atoms with Gasteiger partial charge in [0.1, 0.15) is 11.4 Å². The SMILES string of the molecule is CCc1nn2c(c1C(=O)O)NC(c1ccccc1)CC2(C)C. The highest BCUT2D eigenvalue weighted by molar-refractivity contribution is 5.95. The first-order chi connectivity index (χ1) is 10.4. The topological polar surface area (TPSA) is 67.2 Å². The summed E-state index contributed by atoms with van der Waals surface area (Å²) in [7, 11) is 0. The fraction of sp³-hybridized carbons (Fsp3) is 0.412. The van der Waals surface area contributed by atoms with Gasteiger partial charge in [-0.2, -0.15) is 5.10 Å². The van der Waals surface area contributed by atoms with E-state index in [1.807, 2.05) is 29.8 Å². The summed E-state index contributed by atoms with van der Waals surface area (Å²) in [5.41, 5.74) is 1.86. The molecule has 5 heteroatoms. The van der Waals surface area contributed by atoms with Gasteiger partial charge in [0.05, 0.1) is 17.3 Å². The molecule has 2 aromatic rings. The minimum absolute atomic E-state index is 0.0863. The summed E-state index contributed by atoms with van der Waals surface area (Å²) in [6.45, 7) is 6.14. The molecule has 3 rings (SSSR count). The summed E-state index contributed by atoms with van der Waals surface area (Å²) in [6.07, 6.45) is 1.46. The molecular weight excluding hydrogens is 278 g/mol. The average molecular weight is 299 g/mol. The number of aromatic nitrogens is 2. The molecule has 0 radical (unpaired) electrons. The standard InChI is InChI=1S/C17H21N3O2/c1-4-12-14(16(21)22)15-18-13(11-8-6-5-7-9-11)10-17(2,3)20(15)19-12/h5-9,13,18H,4,10H2,1-3H3,(H,21,22). The number of hydrogen-bond donors (Lipinski definition) is 2. The van der Waals surface area contributed by atoms with Crippen molar-refractivity contribution in [3.05, 3.63) is 47.2 Å². The Morgan fingerprint density at radius 2 is 2.09 bits per heavy atom. The van der Waals surface area contributed by atoms with Crippen LogP contribution in [0.25, 0.3) is 0 Å². The number of rotatable bonds is 3. The highest BCUT2D eigenvalue weighted by atomic mass is 16.4. The maximum atomic E-state index is 11.7. The van der Waals surface area contributed by atoms with Crippen molar-refractivity contribution in [2.24, 2.45) is 0 Å². The summed E-state index contributed by atoms with van der Waals surface area (Å²) in [5, 5.41) is 17.5. The van der Waals surface area contributed by atoms with Crippen LogP contribution in [0.2, 0.25) is 0 Å². The van der Waals surface area contributed by atoms with Crippen LogP contribution in [0, 0.1) is 0 Å². The van der Waals surface area contributed by atoms with Crippen LogP contribution in [0.4, 0.5) is 5.82 Å². The number of anilines is 1. The van der Waals surface area contributed by atoms with E-state index in [0.717, 1.165) is 12.0 Å². The fourth-order valence-corrected chi connectivity index (χ4v) is 3.20. The van der Waals surface area contributed by atoms with Gasteiger partial charge in [-0.1, -0.05) is 37.3 Å². The van der Waals surface area contributed by atoms with Gasteiger partial charge in [-0.15, -0.1) is 0 Å². The van der Waals surface area contributed by atoms with Crippen molar-refractivity contribution in [1.82, 2.24) is 9.78 Å². The van der Waals surface area contributed by atoms with Crippen LogP contribution in [0.5, 0.6) is 0 Å². The van der Waals surface area contributed by atoms with Gasteiger partial charge < -0.3 is 10.4 Å². The van der Waals surface area contributed by atoms with E-state index in [1.165, 1.54) is 0 Å². The number of carboxylic acids is 1. The number of aryl methyl sites for hydroxylation is 1. The Balaban J connectivity index is 2.11. The third-order valence-electron chi connectivity index (χ3n) is 4.30. The van der Waals surface area contributed by atoms with Gasteiger partial charge in [-0.3, -0.25) is 0 Å². The van der Waals surface area contributed by atoms with Crippen LogP contribution in [-0.2, 0) is 12.0 Å². The zero-order valence-corrected chi connectivity index (χ0v) is 13.1. The number of nitrogens with zero attached hydrogens (tertiary/aromatic N) is 2. The number of hydrogen-bond acceptors (Lipinski definition) is 3. The number of nitrogens with one attached hydrogen (secondary N) is 1. The van der Waals surface area contributed by atoms with E-state index >= 15 is 0 Å². The lowest BCUT2D eigenvalue weighted by molar-refractivity contribution is 0.0696. The molecule has 1 aliphatic heterocycles. The molecule has 0 fully saturated rings. The van der Waals surface area contributed by atoms with Crippen molar-refractivity contribution >= 4 is 11.8 Å². The second-order valence-corrected chi connectivity index (χ2v) is 6.36. The second kappa shape index (κ2) is 5.16.